The summed E-state index contributed by atoms with van der Waals surface area (Å²) >= 11 is 0. The zero-order valence-electron chi connectivity index (χ0n) is 13.7. The van der Waals surface area contributed by atoms with E-state index in [9.17, 15) is 0 Å². The van der Waals surface area contributed by atoms with Crippen LogP contribution in [0, 0.1) is 0 Å². The average Bonchev–Trinajstić information content (AvgIpc) is 2.45. The SMILES string of the molecule is C=NN(C=C(C)C)CC(C)OC(C)CCc1ccccc1. The minimum absolute atomic E-state index is 0.122. The molecule has 1 aromatic rings. The summed E-state index contributed by atoms with van der Waals surface area (Å²) in [6, 6.07) is 10.5. The van der Waals surface area contributed by atoms with Gasteiger partial charge in [0.25, 0.3) is 0 Å². The van der Waals surface area contributed by atoms with Gasteiger partial charge < -0.3 is 4.74 Å². The van der Waals surface area contributed by atoms with Crippen LogP contribution >= 0.6 is 0 Å². The second kappa shape index (κ2) is 9.35. The number of nitrogens with zero attached hydrogens (tertiary/aromatic N) is 2. The lowest BCUT2D eigenvalue weighted by Crippen LogP contribution is -2.28. The molecule has 0 bridgehead atoms. The van der Waals surface area contributed by atoms with Crippen molar-refractivity contribution in [3.63, 3.8) is 0 Å². The first-order chi connectivity index (χ1) is 10.0. The number of benzene rings is 1. The van der Waals surface area contributed by atoms with Gasteiger partial charge in [-0.05, 0) is 46.1 Å². The molecule has 2 unspecified atom stereocenters. The van der Waals surface area contributed by atoms with Crippen LogP contribution in [0.4, 0.5) is 0 Å². The van der Waals surface area contributed by atoms with E-state index in [1.807, 2.05) is 31.1 Å². The number of hydrogen-bond donors (Lipinski definition) is 0. The maximum atomic E-state index is 6.03. The van der Waals surface area contributed by atoms with Gasteiger partial charge in [-0.1, -0.05) is 35.9 Å². The fraction of sp³-hybridized carbons (Fsp3) is 0.500. The highest BCUT2D eigenvalue weighted by Crippen LogP contribution is 2.10. The second-order valence-corrected chi connectivity index (χ2v) is 5.75. The predicted molar refractivity (Wildman–Crippen MR) is 90.5 cm³/mol. The number of ether oxygens (including phenoxy) is 1. The summed E-state index contributed by atoms with van der Waals surface area (Å²) in [7, 11) is 0. The van der Waals surface area contributed by atoms with Gasteiger partial charge >= 0.3 is 0 Å². The van der Waals surface area contributed by atoms with Crippen molar-refractivity contribution in [2.24, 2.45) is 5.10 Å². The Morgan fingerprint density at radius 1 is 1.24 bits per heavy atom. The molecule has 3 nitrogen and oxygen atoms in total. The normalized spacial score (nSPS) is 13.3. The fourth-order valence-corrected chi connectivity index (χ4v) is 2.23. The van der Waals surface area contributed by atoms with Crippen molar-refractivity contribution in [3.05, 3.63) is 47.7 Å². The zero-order chi connectivity index (χ0) is 15.7. The van der Waals surface area contributed by atoms with Gasteiger partial charge in [-0.2, -0.15) is 5.10 Å². The standard InChI is InChI=1S/C18H28N2O/c1-15(2)13-20(19-5)14-17(4)21-16(3)11-12-18-9-7-6-8-10-18/h6-10,13,16-17H,5,11-12,14H2,1-4H3. The molecule has 1 aromatic carbocycles. The molecule has 0 N–H and O–H groups in total. The molecular formula is C18H28N2O. The van der Waals surface area contributed by atoms with Crippen LogP contribution in [0.3, 0.4) is 0 Å². The van der Waals surface area contributed by atoms with Crippen LogP contribution in [-0.4, -0.2) is 30.5 Å². The quantitative estimate of drug-likeness (QED) is 0.501. The molecular weight excluding hydrogens is 260 g/mol. The first kappa shape index (κ1) is 17.4. The minimum Gasteiger partial charge on any atom is -0.374 e. The lowest BCUT2D eigenvalue weighted by atomic mass is 10.1. The summed E-state index contributed by atoms with van der Waals surface area (Å²) in [6.45, 7) is 12.6. The molecule has 0 heterocycles. The van der Waals surface area contributed by atoms with E-state index in [1.54, 1.807) is 0 Å². The summed E-state index contributed by atoms with van der Waals surface area (Å²) in [5.74, 6) is 0. The van der Waals surface area contributed by atoms with Gasteiger partial charge in [0.2, 0.25) is 0 Å². The van der Waals surface area contributed by atoms with Gasteiger partial charge in [-0.3, -0.25) is 5.01 Å². The number of rotatable bonds is 9. The third-order valence-corrected chi connectivity index (χ3v) is 3.18. The van der Waals surface area contributed by atoms with Crippen molar-refractivity contribution in [3.8, 4) is 0 Å². The van der Waals surface area contributed by atoms with E-state index in [1.165, 1.54) is 11.1 Å². The highest BCUT2D eigenvalue weighted by molar-refractivity contribution is 5.23. The van der Waals surface area contributed by atoms with Crippen LogP contribution in [0.25, 0.3) is 0 Å². The van der Waals surface area contributed by atoms with Crippen LogP contribution in [0.5, 0.6) is 0 Å². The molecule has 0 fully saturated rings. The van der Waals surface area contributed by atoms with Crippen LogP contribution in [0.1, 0.15) is 39.7 Å². The van der Waals surface area contributed by atoms with Gasteiger partial charge in [0, 0.05) is 12.9 Å². The Morgan fingerprint density at radius 2 is 1.90 bits per heavy atom. The summed E-state index contributed by atoms with van der Waals surface area (Å²) in [6.07, 6.45) is 4.42. The van der Waals surface area contributed by atoms with E-state index in [2.05, 4.69) is 49.9 Å². The van der Waals surface area contributed by atoms with Crippen LogP contribution in [0.15, 0.2) is 47.2 Å². The number of allylic oxidation sites excluding steroid dienone is 1. The third-order valence-electron chi connectivity index (χ3n) is 3.18. The summed E-state index contributed by atoms with van der Waals surface area (Å²) in [5, 5.41) is 5.83. The van der Waals surface area contributed by atoms with Gasteiger partial charge in [0.15, 0.2) is 0 Å². The first-order valence-electron chi connectivity index (χ1n) is 7.59. The van der Waals surface area contributed by atoms with Gasteiger partial charge in [0.1, 0.15) is 0 Å². The molecule has 0 aliphatic carbocycles. The van der Waals surface area contributed by atoms with Crippen LogP contribution in [0.2, 0.25) is 0 Å². The molecule has 0 aliphatic heterocycles. The van der Waals surface area contributed by atoms with Gasteiger partial charge in [0.05, 0.1) is 18.8 Å². The molecule has 2 atom stereocenters. The Kier molecular flexibility index (Phi) is 7.76. The van der Waals surface area contributed by atoms with E-state index in [0.717, 1.165) is 19.4 Å². The van der Waals surface area contributed by atoms with Gasteiger partial charge in [-0.25, -0.2) is 0 Å². The Morgan fingerprint density at radius 3 is 2.48 bits per heavy atom. The summed E-state index contributed by atoms with van der Waals surface area (Å²) < 4.78 is 6.03. The van der Waals surface area contributed by atoms with E-state index < -0.39 is 0 Å². The second-order valence-electron chi connectivity index (χ2n) is 5.75. The lowest BCUT2D eigenvalue weighted by Gasteiger charge is -2.23. The molecule has 0 aliphatic rings. The summed E-state index contributed by atoms with van der Waals surface area (Å²) in [4.78, 5) is 0. The molecule has 116 valence electrons. The molecule has 0 amide bonds. The fourth-order valence-electron chi connectivity index (χ4n) is 2.23. The van der Waals surface area contributed by atoms with E-state index in [4.69, 9.17) is 4.74 Å². The number of hydrogen-bond acceptors (Lipinski definition) is 3. The van der Waals surface area contributed by atoms with E-state index in [-0.39, 0.29) is 12.2 Å². The Bertz CT molecular complexity index is 438. The summed E-state index contributed by atoms with van der Waals surface area (Å²) in [5.41, 5.74) is 2.56. The molecule has 3 heteroatoms. The van der Waals surface area contributed by atoms with Gasteiger partial charge in [-0.15, -0.1) is 0 Å². The average molecular weight is 288 g/mol. The molecule has 0 radical (unpaired) electrons. The van der Waals surface area contributed by atoms with Crippen molar-refractivity contribution in [2.75, 3.05) is 6.54 Å². The molecule has 0 aromatic heterocycles. The number of aryl methyl sites for hydroxylation is 1. The molecule has 21 heavy (non-hydrogen) atoms. The number of hydrazone groups is 1. The smallest absolute Gasteiger partial charge is 0.0746 e. The zero-order valence-corrected chi connectivity index (χ0v) is 13.7. The van der Waals surface area contributed by atoms with Crippen molar-refractivity contribution in [2.45, 2.75) is 52.7 Å². The monoisotopic (exact) mass is 288 g/mol. The highest BCUT2D eigenvalue weighted by atomic mass is 16.5. The lowest BCUT2D eigenvalue weighted by molar-refractivity contribution is -0.00718. The third kappa shape index (κ3) is 7.66. The maximum Gasteiger partial charge on any atom is 0.0746 e. The van der Waals surface area contributed by atoms with E-state index >= 15 is 0 Å². The molecule has 0 saturated carbocycles. The minimum atomic E-state index is 0.122. The highest BCUT2D eigenvalue weighted by Gasteiger charge is 2.11. The Labute approximate surface area is 129 Å². The predicted octanol–water partition coefficient (Wildman–Crippen LogP) is 4.25. The van der Waals surface area contributed by atoms with Crippen molar-refractivity contribution >= 4 is 6.72 Å². The molecule has 1 rings (SSSR count). The van der Waals surface area contributed by atoms with Crippen LogP contribution in [-0.2, 0) is 11.2 Å². The van der Waals surface area contributed by atoms with Crippen LogP contribution < -0.4 is 0 Å². The van der Waals surface area contributed by atoms with Crippen molar-refractivity contribution in [1.29, 1.82) is 0 Å². The van der Waals surface area contributed by atoms with E-state index in [0.29, 0.717) is 0 Å². The van der Waals surface area contributed by atoms with Crippen molar-refractivity contribution < 1.29 is 4.74 Å². The topological polar surface area (TPSA) is 24.8 Å². The Hall–Kier alpha value is -1.61. The Balaban J connectivity index is 2.34. The largest absolute Gasteiger partial charge is 0.374 e. The molecule has 0 saturated heterocycles. The molecule has 0 spiro atoms. The maximum absolute atomic E-state index is 6.03. The first-order valence-corrected chi connectivity index (χ1v) is 7.59. The van der Waals surface area contributed by atoms with Crippen molar-refractivity contribution in [1.82, 2.24) is 5.01 Å².